The zero-order valence-corrected chi connectivity index (χ0v) is 15.9. The van der Waals surface area contributed by atoms with Crippen molar-refractivity contribution in [1.29, 1.82) is 0 Å². The number of hydrogen-bond donors (Lipinski definition) is 3. The van der Waals surface area contributed by atoms with Crippen molar-refractivity contribution >= 4 is 23.2 Å². The van der Waals surface area contributed by atoms with Crippen LogP contribution in [0.5, 0.6) is 5.75 Å². The van der Waals surface area contributed by atoms with Crippen LogP contribution in [0.2, 0.25) is 5.02 Å². The van der Waals surface area contributed by atoms with Gasteiger partial charge in [0, 0.05) is 29.8 Å². The summed E-state index contributed by atoms with van der Waals surface area (Å²) in [6.07, 6.45) is 0. The number of amides is 1. The molecule has 27 heavy (non-hydrogen) atoms. The predicted molar refractivity (Wildman–Crippen MR) is 108 cm³/mol. The maximum absolute atomic E-state index is 11.8. The Kier molecular flexibility index (Phi) is 5.06. The fourth-order valence-electron chi connectivity index (χ4n) is 3.03. The van der Waals surface area contributed by atoms with E-state index in [9.17, 15) is 14.7 Å². The van der Waals surface area contributed by atoms with Crippen LogP contribution < -0.4 is 10.9 Å². The molecule has 0 saturated carbocycles. The Hall–Kier alpha value is -3.05. The SMILES string of the molecule is CC(=O)Nc1ccc(-c2cc(C)cc(-c3cc(C)[nH]c(=O)c3)c2O)cc1Cl. The number of nitrogens with one attached hydrogen (secondary N) is 2. The van der Waals surface area contributed by atoms with E-state index in [4.69, 9.17) is 11.6 Å². The molecule has 138 valence electrons. The molecule has 0 bridgehead atoms. The largest absolute Gasteiger partial charge is 0.507 e. The maximum atomic E-state index is 11.8. The maximum Gasteiger partial charge on any atom is 0.248 e. The normalized spacial score (nSPS) is 10.7. The Labute approximate surface area is 161 Å². The number of aromatic amines is 1. The number of rotatable bonds is 3. The Balaban J connectivity index is 2.15. The number of H-pyrrole nitrogens is 1. The lowest BCUT2D eigenvalue weighted by Gasteiger charge is -2.14. The van der Waals surface area contributed by atoms with Crippen molar-refractivity contribution < 1.29 is 9.90 Å². The first kappa shape index (κ1) is 18.7. The van der Waals surface area contributed by atoms with E-state index in [1.54, 1.807) is 25.1 Å². The van der Waals surface area contributed by atoms with Gasteiger partial charge in [-0.1, -0.05) is 17.7 Å². The van der Waals surface area contributed by atoms with Crippen molar-refractivity contribution in [2.75, 3.05) is 5.32 Å². The Bertz CT molecular complexity index is 1100. The van der Waals surface area contributed by atoms with Crippen LogP contribution in [0.25, 0.3) is 22.3 Å². The number of halogens is 1. The van der Waals surface area contributed by atoms with E-state index in [1.807, 2.05) is 25.1 Å². The van der Waals surface area contributed by atoms with Gasteiger partial charge >= 0.3 is 0 Å². The lowest BCUT2D eigenvalue weighted by Crippen LogP contribution is -2.06. The van der Waals surface area contributed by atoms with Gasteiger partial charge < -0.3 is 15.4 Å². The van der Waals surface area contributed by atoms with E-state index < -0.39 is 0 Å². The van der Waals surface area contributed by atoms with E-state index in [2.05, 4.69) is 10.3 Å². The highest BCUT2D eigenvalue weighted by atomic mass is 35.5. The topological polar surface area (TPSA) is 82.2 Å². The van der Waals surface area contributed by atoms with Crippen LogP contribution in [0.15, 0.2) is 47.3 Å². The number of aromatic hydroxyl groups is 1. The first-order chi connectivity index (χ1) is 12.7. The second kappa shape index (κ2) is 7.29. The molecule has 3 N–H and O–H groups in total. The zero-order valence-electron chi connectivity index (χ0n) is 15.2. The number of carbonyl (C=O) groups is 1. The van der Waals surface area contributed by atoms with Crippen LogP contribution >= 0.6 is 11.6 Å². The molecule has 5 nitrogen and oxygen atoms in total. The molecule has 1 amide bonds. The molecule has 0 aliphatic heterocycles. The minimum absolute atomic E-state index is 0.0638. The fraction of sp³-hybridized carbons (Fsp3) is 0.143. The number of benzene rings is 2. The average Bonchev–Trinajstić information content (AvgIpc) is 2.57. The molecule has 2 aromatic carbocycles. The van der Waals surface area contributed by atoms with Gasteiger partial charge in [0.15, 0.2) is 0 Å². The highest BCUT2D eigenvalue weighted by Crippen LogP contribution is 2.40. The molecule has 0 aliphatic rings. The standard InChI is InChI=1S/C21H19ClN2O3/c1-11-6-16(14-4-5-19(18(22)9-14)24-13(3)25)21(27)17(7-11)15-8-12(2)23-20(26)10-15/h4-10,27H,1-3H3,(H,23,26)(H,24,25). The number of anilines is 1. The summed E-state index contributed by atoms with van der Waals surface area (Å²) in [6, 6.07) is 12.1. The predicted octanol–water partition coefficient (Wildman–Crippen LogP) is 4.64. The summed E-state index contributed by atoms with van der Waals surface area (Å²) in [5.74, 6) is -0.149. The minimum atomic E-state index is -0.227. The molecule has 3 aromatic rings. The molecule has 0 unspecified atom stereocenters. The Morgan fingerprint density at radius 2 is 1.70 bits per heavy atom. The third kappa shape index (κ3) is 4.04. The number of phenolic OH excluding ortho intramolecular Hbond substituents is 1. The van der Waals surface area contributed by atoms with Gasteiger partial charge in [-0.15, -0.1) is 0 Å². The fourth-order valence-corrected chi connectivity index (χ4v) is 3.26. The molecule has 0 atom stereocenters. The first-order valence-electron chi connectivity index (χ1n) is 8.37. The first-order valence-corrected chi connectivity index (χ1v) is 8.75. The smallest absolute Gasteiger partial charge is 0.248 e. The van der Waals surface area contributed by atoms with E-state index in [0.717, 1.165) is 5.56 Å². The van der Waals surface area contributed by atoms with Crippen molar-refractivity contribution in [3.8, 4) is 28.0 Å². The van der Waals surface area contributed by atoms with Crippen LogP contribution in [-0.4, -0.2) is 16.0 Å². The monoisotopic (exact) mass is 382 g/mol. The summed E-state index contributed by atoms with van der Waals surface area (Å²) >= 11 is 6.27. The lowest BCUT2D eigenvalue weighted by molar-refractivity contribution is -0.114. The van der Waals surface area contributed by atoms with E-state index >= 15 is 0 Å². The second-order valence-corrected chi connectivity index (χ2v) is 6.91. The highest BCUT2D eigenvalue weighted by molar-refractivity contribution is 6.34. The van der Waals surface area contributed by atoms with Crippen LogP contribution in [-0.2, 0) is 4.79 Å². The van der Waals surface area contributed by atoms with Crippen LogP contribution in [0.3, 0.4) is 0 Å². The highest BCUT2D eigenvalue weighted by Gasteiger charge is 2.14. The Morgan fingerprint density at radius 3 is 2.30 bits per heavy atom. The molecule has 0 saturated heterocycles. The summed E-state index contributed by atoms with van der Waals surface area (Å²) in [6.45, 7) is 5.12. The molecule has 6 heteroatoms. The molecule has 1 heterocycles. The molecule has 0 fully saturated rings. The molecule has 0 spiro atoms. The van der Waals surface area contributed by atoms with Crippen molar-refractivity contribution in [3.63, 3.8) is 0 Å². The lowest BCUT2D eigenvalue weighted by atomic mass is 9.95. The van der Waals surface area contributed by atoms with E-state index in [0.29, 0.717) is 38.7 Å². The molecule has 1 aromatic heterocycles. The van der Waals surface area contributed by atoms with Gasteiger partial charge in [0.2, 0.25) is 11.5 Å². The van der Waals surface area contributed by atoms with Gasteiger partial charge in [-0.05, 0) is 60.9 Å². The van der Waals surface area contributed by atoms with Gasteiger partial charge in [0.05, 0.1) is 10.7 Å². The average molecular weight is 383 g/mol. The Morgan fingerprint density at radius 1 is 1.04 bits per heavy atom. The number of aryl methyl sites for hydroxylation is 2. The minimum Gasteiger partial charge on any atom is -0.507 e. The zero-order chi connectivity index (χ0) is 19.7. The van der Waals surface area contributed by atoms with Gasteiger partial charge in [-0.2, -0.15) is 0 Å². The van der Waals surface area contributed by atoms with Crippen molar-refractivity contribution in [3.05, 3.63) is 69.1 Å². The number of aromatic nitrogens is 1. The second-order valence-electron chi connectivity index (χ2n) is 6.50. The number of pyridine rings is 1. The number of phenols is 1. The van der Waals surface area contributed by atoms with Crippen molar-refractivity contribution in [2.24, 2.45) is 0 Å². The van der Waals surface area contributed by atoms with Crippen LogP contribution in [0.1, 0.15) is 18.2 Å². The van der Waals surface area contributed by atoms with Crippen molar-refractivity contribution in [2.45, 2.75) is 20.8 Å². The van der Waals surface area contributed by atoms with E-state index in [-0.39, 0.29) is 17.2 Å². The van der Waals surface area contributed by atoms with Crippen LogP contribution in [0, 0.1) is 13.8 Å². The summed E-state index contributed by atoms with van der Waals surface area (Å²) in [5.41, 5.74) is 4.43. The number of hydrogen-bond acceptors (Lipinski definition) is 3. The summed E-state index contributed by atoms with van der Waals surface area (Å²) < 4.78 is 0. The van der Waals surface area contributed by atoms with Gasteiger partial charge in [0.1, 0.15) is 5.75 Å². The molecule has 0 radical (unpaired) electrons. The summed E-state index contributed by atoms with van der Waals surface area (Å²) in [7, 11) is 0. The van der Waals surface area contributed by atoms with Crippen molar-refractivity contribution in [1.82, 2.24) is 4.98 Å². The third-order valence-corrected chi connectivity index (χ3v) is 4.45. The van der Waals surface area contributed by atoms with E-state index in [1.165, 1.54) is 13.0 Å². The van der Waals surface area contributed by atoms with Crippen LogP contribution in [0.4, 0.5) is 5.69 Å². The quantitative estimate of drug-likeness (QED) is 0.617. The number of carbonyl (C=O) groups excluding carboxylic acids is 1. The van der Waals surface area contributed by atoms with Gasteiger partial charge in [-0.3, -0.25) is 9.59 Å². The molecular formula is C21H19ClN2O3. The van der Waals surface area contributed by atoms with Gasteiger partial charge in [0.25, 0.3) is 0 Å². The molecule has 3 rings (SSSR count). The third-order valence-electron chi connectivity index (χ3n) is 4.14. The van der Waals surface area contributed by atoms with Gasteiger partial charge in [-0.25, -0.2) is 0 Å². The summed E-state index contributed by atoms with van der Waals surface area (Å²) in [4.78, 5) is 25.8. The molecular weight excluding hydrogens is 364 g/mol. The summed E-state index contributed by atoms with van der Waals surface area (Å²) in [5, 5.41) is 13.9. The molecule has 0 aliphatic carbocycles.